The minimum Gasteiger partial charge on any atom is -0.422 e. The molecular weight excluding hydrogens is 366 g/mol. The van der Waals surface area contributed by atoms with Crippen LogP contribution in [0.5, 0.6) is 5.75 Å². The van der Waals surface area contributed by atoms with Gasteiger partial charge >= 0.3 is 5.97 Å². The van der Waals surface area contributed by atoms with Gasteiger partial charge < -0.3 is 4.74 Å². The molecule has 2 aromatic rings. The zero-order chi connectivity index (χ0) is 19.9. The van der Waals surface area contributed by atoms with Crippen molar-refractivity contribution in [2.75, 3.05) is 14.1 Å². The molecule has 0 bridgehead atoms. The Hall–Kier alpha value is -2.51. The molecule has 1 atom stereocenters. The first-order valence-electron chi connectivity index (χ1n) is 8.54. The van der Waals surface area contributed by atoms with Crippen LogP contribution < -0.4 is 4.74 Å². The third-order valence-electron chi connectivity index (χ3n) is 4.74. The van der Waals surface area contributed by atoms with Crippen molar-refractivity contribution in [2.24, 2.45) is 0 Å². The molecule has 0 fully saturated rings. The molecule has 1 aliphatic carbocycles. The van der Waals surface area contributed by atoms with E-state index in [1.54, 1.807) is 6.07 Å². The van der Waals surface area contributed by atoms with E-state index in [0.29, 0.717) is 12.0 Å². The van der Waals surface area contributed by atoms with Gasteiger partial charge in [-0.3, -0.25) is 4.79 Å². The Labute approximate surface area is 158 Å². The summed E-state index contributed by atoms with van der Waals surface area (Å²) in [5.41, 5.74) is 2.45. The molecule has 0 saturated heterocycles. The number of sulfonamides is 1. The molecule has 0 aromatic heterocycles. The molecule has 0 saturated carbocycles. The van der Waals surface area contributed by atoms with Crippen LogP contribution in [-0.4, -0.2) is 38.6 Å². The van der Waals surface area contributed by atoms with Gasteiger partial charge in [0.2, 0.25) is 10.0 Å². The van der Waals surface area contributed by atoms with Crippen molar-refractivity contribution in [1.82, 2.24) is 4.31 Å². The summed E-state index contributed by atoms with van der Waals surface area (Å²) in [6, 6.07) is 9.10. The Kier molecular flexibility index (Phi) is 4.92. The van der Waals surface area contributed by atoms with Crippen LogP contribution in [0.25, 0.3) is 0 Å². The third kappa shape index (κ3) is 3.40. The molecule has 6 nitrogen and oxygen atoms in total. The summed E-state index contributed by atoms with van der Waals surface area (Å²) in [6.45, 7) is 3.90. The lowest BCUT2D eigenvalue weighted by Crippen LogP contribution is -2.22. The summed E-state index contributed by atoms with van der Waals surface area (Å²) in [5.74, 6) is -0.451. The molecule has 0 spiro atoms. The number of rotatable bonds is 4. The lowest BCUT2D eigenvalue weighted by Gasteiger charge is -2.14. The number of benzene rings is 2. The summed E-state index contributed by atoms with van der Waals surface area (Å²) in [5, 5.41) is 0. The molecule has 2 aromatic carbocycles. The Balaban J connectivity index is 1.96. The summed E-state index contributed by atoms with van der Waals surface area (Å²) in [6.07, 6.45) is 0.390. The Morgan fingerprint density at radius 1 is 1.19 bits per heavy atom. The first-order valence-corrected chi connectivity index (χ1v) is 9.98. The lowest BCUT2D eigenvalue weighted by atomic mass is 9.97. The van der Waals surface area contributed by atoms with E-state index < -0.39 is 16.0 Å². The standard InChI is InChI=1S/C20H21NO5S/c1-12-8-9-17(19-16(22)10-13(2)18(12)19)26-20(23)14-6-5-7-15(11-14)27(24,25)21(3)4/h5-9,11,13H,10H2,1-4H3/t13-/m1/s1. The van der Waals surface area contributed by atoms with E-state index in [2.05, 4.69) is 0 Å². The van der Waals surface area contributed by atoms with Gasteiger partial charge in [-0.25, -0.2) is 17.5 Å². The SMILES string of the molecule is Cc1ccc(OC(=O)c2cccc(S(=O)(=O)N(C)C)c2)c2c1[C@H](C)CC2=O. The van der Waals surface area contributed by atoms with Crippen LogP contribution >= 0.6 is 0 Å². The third-order valence-corrected chi connectivity index (χ3v) is 6.55. The second-order valence-corrected chi connectivity index (χ2v) is 9.05. The molecule has 27 heavy (non-hydrogen) atoms. The van der Waals surface area contributed by atoms with Crippen molar-refractivity contribution in [1.29, 1.82) is 0 Å². The van der Waals surface area contributed by atoms with E-state index in [0.717, 1.165) is 15.4 Å². The normalized spacial score (nSPS) is 16.5. The zero-order valence-corrected chi connectivity index (χ0v) is 16.5. The first-order chi connectivity index (χ1) is 12.6. The largest absolute Gasteiger partial charge is 0.422 e. The second kappa shape index (κ2) is 6.90. The van der Waals surface area contributed by atoms with Gasteiger partial charge in [0, 0.05) is 20.5 Å². The van der Waals surface area contributed by atoms with Crippen LogP contribution in [0.15, 0.2) is 41.3 Å². The molecular formula is C20H21NO5S. The van der Waals surface area contributed by atoms with Crippen LogP contribution in [0.4, 0.5) is 0 Å². The van der Waals surface area contributed by atoms with Crippen molar-refractivity contribution in [3.8, 4) is 5.75 Å². The Morgan fingerprint density at radius 2 is 1.89 bits per heavy atom. The number of hydrogen-bond donors (Lipinski definition) is 0. The number of esters is 1. The first kappa shape index (κ1) is 19.3. The Morgan fingerprint density at radius 3 is 2.56 bits per heavy atom. The maximum atomic E-state index is 12.6. The molecule has 0 aliphatic heterocycles. The molecule has 0 heterocycles. The number of ether oxygens (including phenoxy) is 1. The molecule has 0 radical (unpaired) electrons. The van der Waals surface area contributed by atoms with Gasteiger partial charge in [-0.05, 0) is 48.2 Å². The highest BCUT2D eigenvalue weighted by Crippen LogP contribution is 2.40. The van der Waals surface area contributed by atoms with Crippen molar-refractivity contribution in [3.63, 3.8) is 0 Å². The average molecular weight is 387 g/mol. The lowest BCUT2D eigenvalue weighted by molar-refractivity contribution is 0.0732. The fourth-order valence-electron chi connectivity index (χ4n) is 3.35. The van der Waals surface area contributed by atoms with Crippen molar-refractivity contribution < 1.29 is 22.7 Å². The number of ketones is 1. The van der Waals surface area contributed by atoms with Crippen LogP contribution in [0.2, 0.25) is 0 Å². The van der Waals surface area contributed by atoms with E-state index in [1.165, 1.54) is 38.4 Å². The van der Waals surface area contributed by atoms with Gasteiger partial charge in [0.05, 0.1) is 16.0 Å². The fraction of sp³-hybridized carbons (Fsp3) is 0.300. The zero-order valence-electron chi connectivity index (χ0n) is 15.6. The van der Waals surface area contributed by atoms with Crippen LogP contribution in [0.3, 0.4) is 0 Å². The monoisotopic (exact) mass is 387 g/mol. The van der Waals surface area contributed by atoms with Gasteiger partial charge in [-0.15, -0.1) is 0 Å². The smallest absolute Gasteiger partial charge is 0.343 e. The summed E-state index contributed by atoms with van der Waals surface area (Å²) < 4.78 is 31.1. The Bertz CT molecular complexity index is 1040. The maximum Gasteiger partial charge on any atom is 0.343 e. The second-order valence-electron chi connectivity index (χ2n) is 6.90. The number of nitrogens with zero attached hydrogens (tertiary/aromatic N) is 1. The maximum absolute atomic E-state index is 12.6. The van der Waals surface area contributed by atoms with Gasteiger partial charge in [-0.2, -0.15) is 0 Å². The highest BCUT2D eigenvalue weighted by atomic mass is 32.2. The number of carbonyl (C=O) groups excluding carboxylic acids is 2. The van der Waals surface area contributed by atoms with Gasteiger partial charge in [0.15, 0.2) is 5.78 Å². The summed E-state index contributed by atoms with van der Waals surface area (Å²) >= 11 is 0. The molecule has 3 rings (SSSR count). The summed E-state index contributed by atoms with van der Waals surface area (Å²) in [7, 11) is -0.827. The van der Waals surface area contributed by atoms with Crippen molar-refractivity contribution in [3.05, 3.63) is 58.7 Å². The van der Waals surface area contributed by atoms with E-state index in [4.69, 9.17) is 4.74 Å². The van der Waals surface area contributed by atoms with Gasteiger partial charge in [0.1, 0.15) is 5.75 Å². The van der Waals surface area contributed by atoms with Gasteiger partial charge in [-0.1, -0.05) is 19.1 Å². The molecule has 0 amide bonds. The number of Topliss-reactive ketones (excluding diaryl/α,β-unsaturated/α-hetero) is 1. The molecule has 142 valence electrons. The van der Waals surface area contributed by atoms with E-state index >= 15 is 0 Å². The highest BCUT2D eigenvalue weighted by Gasteiger charge is 2.32. The number of carbonyl (C=O) groups is 2. The van der Waals surface area contributed by atoms with Crippen LogP contribution in [0, 0.1) is 6.92 Å². The number of aryl methyl sites for hydroxylation is 1. The van der Waals surface area contributed by atoms with E-state index in [9.17, 15) is 18.0 Å². The highest BCUT2D eigenvalue weighted by molar-refractivity contribution is 7.89. The van der Waals surface area contributed by atoms with Gasteiger partial charge in [0.25, 0.3) is 0 Å². The molecule has 0 N–H and O–H groups in total. The van der Waals surface area contributed by atoms with E-state index in [-0.39, 0.29) is 27.9 Å². The molecule has 1 aliphatic rings. The van der Waals surface area contributed by atoms with Crippen LogP contribution in [-0.2, 0) is 10.0 Å². The predicted molar refractivity (Wildman–Crippen MR) is 101 cm³/mol. The van der Waals surface area contributed by atoms with Crippen LogP contribution in [0.1, 0.15) is 51.1 Å². The number of fused-ring (bicyclic) bond motifs is 1. The minimum atomic E-state index is -3.67. The summed E-state index contributed by atoms with van der Waals surface area (Å²) in [4.78, 5) is 24.9. The molecule has 0 unspecified atom stereocenters. The topological polar surface area (TPSA) is 80.8 Å². The fourth-order valence-corrected chi connectivity index (χ4v) is 4.29. The van der Waals surface area contributed by atoms with E-state index in [1.807, 2.05) is 19.9 Å². The van der Waals surface area contributed by atoms with Crippen molar-refractivity contribution in [2.45, 2.75) is 31.1 Å². The molecule has 7 heteroatoms. The average Bonchev–Trinajstić information content (AvgIpc) is 2.92. The minimum absolute atomic E-state index is 0.000726. The quantitative estimate of drug-likeness (QED) is 0.595. The number of hydrogen-bond acceptors (Lipinski definition) is 5. The predicted octanol–water partition coefficient (Wildman–Crippen LogP) is 3.15. The van der Waals surface area contributed by atoms with Crippen molar-refractivity contribution >= 4 is 21.8 Å².